The monoisotopic (exact) mass is 293 g/mol. The summed E-state index contributed by atoms with van der Waals surface area (Å²) in [5.41, 5.74) is 8.74. The number of hydrogen-bond acceptors (Lipinski definition) is 3. The number of anilines is 2. The van der Waals surface area contributed by atoms with Crippen LogP contribution >= 0.6 is 11.3 Å². The molecule has 21 heavy (non-hydrogen) atoms. The Bertz CT molecular complexity index is 752. The highest BCUT2D eigenvalue weighted by Crippen LogP contribution is 2.30. The zero-order chi connectivity index (χ0) is 14.7. The molecule has 103 valence electrons. The van der Waals surface area contributed by atoms with E-state index in [1.165, 1.54) is 0 Å². The number of amides is 1. The maximum Gasteiger partial charge on any atom is 0.255 e. The zero-order valence-electron chi connectivity index (χ0n) is 11.2. The molecular formula is C17H13N2OS. The molecule has 3 nitrogen and oxygen atoms in total. The lowest BCUT2D eigenvalue weighted by Gasteiger charge is -2.10. The van der Waals surface area contributed by atoms with Gasteiger partial charge in [0.1, 0.15) is 0 Å². The fourth-order valence-electron chi connectivity index (χ4n) is 1.99. The lowest BCUT2D eigenvalue weighted by molar-refractivity contribution is 0.102. The van der Waals surface area contributed by atoms with Crippen LogP contribution in [0.3, 0.4) is 0 Å². The summed E-state index contributed by atoms with van der Waals surface area (Å²) in [5, 5.41) is 4.87. The van der Waals surface area contributed by atoms with Gasteiger partial charge >= 0.3 is 0 Å². The average molecular weight is 293 g/mol. The van der Waals surface area contributed by atoms with E-state index in [-0.39, 0.29) is 5.91 Å². The first kappa shape index (κ1) is 13.4. The van der Waals surface area contributed by atoms with Gasteiger partial charge in [0, 0.05) is 10.4 Å². The molecule has 3 aromatic rings. The summed E-state index contributed by atoms with van der Waals surface area (Å²) >= 11 is 1.65. The molecule has 2 aromatic carbocycles. The number of carbonyl (C=O) groups is 1. The SMILES string of the molecule is Nc1ccc(-c2cccs2)cc1NC(=O)c1cc[c]cc1. The van der Waals surface area contributed by atoms with Crippen molar-refractivity contribution in [1.29, 1.82) is 0 Å². The van der Waals surface area contributed by atoms with Gasteiger partial charge in [-0.3, -0.25) is 4.79 Å². The number of thiophene rings is 1. The third-order valence-corrected chi connectivity index (χ3v) is 4.01. The molecule has 0 bridgehead atoms. The Morgan fingerprint density at radius 2 is 1.95 bits per heavy atom. The average Bonchev–Trinajstić information content (AvgIpc) is 3.04. The minimum Gasteiger partial charge on any atom is -0.397 e. The summed E-state index contributed by atoms with van der Waals surface area (Å²) in [5.74, 6) is -0.181. The highest BCUT2D eigenvalue weighted by molar-refractivity contribution is 7.13. The topological polar surface area (TPSA) is 55.1 Å². The summed E-state index contributed by atoms with van der Waals surface area (Å²) in [7, 11) is 0. The molecule has 0 spiro atoms. The predicted octanol–water partition coefficient (Wildman–Crippen LogP) is 4.05. The van der Waals surface area contributed by atoms with Crippen LogP contribution in [0.4, 0.5) is 11.4 Å². The van der Waals surface area contributed by atoms with E-state index in [1.807, 2.05) is 35.7 Å². The standard InChI is InChI=1S/C17H13N2OS/c18-14-9-8-13(16-7-4-10-21-16)11-15(14)19-17(20)12-5-2-1-3-6-12/h2-11H,18H2,(H,19,20). The first-order chi connectivity index (χ1) is 10.2. The van der Waals surface area contributed by atoms with Gasteiger partial charge in [0.25, 0.3) is 5.91 Å². The van der Waals surface area contributed by atoms with Gasteiger partial charge in [-0.1, -0.05) is 24.3 Å². The molecule has 0 saturated heterocycles. The quantitative estimate of drug-likeness (QED) is 0.716. The minimum atomic E-state index is -0.181. The molecule has 0 aliphatic rings. The molecule has 3 rings (SSSR count). The van der Waals surface area contributed by atoms with Crippen molar-refractivity contribution in [2.75, 3.05) is 11.1 Å². The highest BCUT2D eigenvalue weighted by Gasteiger charge is 2.09. The van der Waals surface area contributed by atoms with Gasteiger partial charge in [-0.25, -0.2) is 0 Å². The van der Waals surface area contributed by atoms with Crippen LogP contribution in [0.15, 0.2) is 60.0 Å². The molecular weight excluding hydrogens is 280 g/mol. The van der Waals surface area contributed by atoms with Crippen LogP contribution in [0, 0.1) is 6.07 Å². The van der Waals surface area contributed by atoms with Gasteiger partial charge < -0.3 is 11.1 Å². The van der Waals surface area contributed by atoms with E-state index in [0.29, 0.717) is 16.9 Å². The third-order valence-electron chi connectivity index (χ3n) is 3.09. The van der Waals surface area contributed by atoms with Crippen LogP contribution in [-0.4, -0.2) is 5.91 Å². The summed E-state index contributed by atoms with van der Waals surface area (Å²) in [6.07, 6.45) is 0. The second-order valence-electron chi connectivity index (χ2n) is 4.52. The van der Waals surface area contributed by atoms with Gasteiger partial charge in [0.15, 0.2) is 0 Å². The van der Waals surface area contributed by atoms with E-state index in [2.05, 4.69) is 11.4 Å². The van der Waals surface area contributed by atoms with Crippen molar-refractivity contribution in [3.05, 3.63) is 71.6 Å². The van der Waals surface area contributed by atoms with Gasteiger partial charge in [-0.2, -0.15) is 0 Å². The maximum absolute atomic E-state index is 12.2. The largest absolute Gasteiger partial charge is 0.397 e. The van der Waals surface area contributed by atoms with E-state index in [9.17, 15) is 4.79 Å². The molecule has 0 aliphatic carbocycles. The summed E-state index contributed by atoms with van der Waals surface area (Å²) in [6, 6.07) is 19.4. The summed E-state index contributed by atoms with van der Waals surface area (Å²) in [4.78, 5) is 13.3. The molecule has 0 unspecified atom stereocenters. The van der Waals surface area contributed by atoms with Gasteiger partial charge in [0.2, 0.25) is 0 Å². The van der Waals surface area contributed by atoms with Crippen molar-refractivity contribution >= 4 is 28.6 Å². The molecule has 1 amide bonds. The molecule has 1 radical (unpaired) electrons. The van der Waals surface area contributed by atoms with Crippen LogP contribution in [0.2, 0.25) is 0 Å². The Morgan fingerprint density at radius 3 is 2.67 bits per heavy atom. The van der Waals surface area contributed by atoms with Crippen molar-refractivity contribution in [2.24, 2.45) is 0 Å². The zero-order valence-corrected chi connectivity index (χ0v) is 12.0. The Hall–Kier alpha value is -2.59. The van der Waals surface area contributed by atoms with Crippen LogP contribution in [0.1, 0.15) is 10.4 Å². The lowest BCUT2D eigenvalue weighted by atomic mass is 10.1. The van der Waals surface area contributed by atoms with E-state index in [0.717, 1.165) is 10.4 Å². The number of nitrogens with two attached hydrogens (primary N) is 1. The number of nitrogens with one attached hydrogen (secondary N) is 1. The van der Waals surface area contributed by atoms with Crippen molar-refractivity contribution in [3.63, 3.8) is 0 Å². The molecule has 4 heteroatoms. The molecule has 3 N–H and O–H groups in total. The summed E-state index contributed by atoms with van der Waals surface area (Å²) in [6.45, 7) is 0. The second kappa shape index (κ2) is 5.81. The number of carbonyl (C=O) groups excluding carboxylic acids is 1. The Kier molecular flexibility index (Phi) is 3.71. The minimum absolute atomic E-state index is 0.181. The molecule has 0 saturated carbocycles. The van der Waals surface area contributed by atoms with E-state index in [1.54, 1.807) is 35.6 Å². The van der Waals surface area contributed by atoms with Gasteiger partial charge in [0.05, 0.1) is 11.4 Å². The van der Waals surface area contributed by atoms with Crippen LogP contribution in [0.5, 0.6) is 0 Å². The third kappa shape index (κ3) is 2.95. The number of nitrogen functional groups attached to an aromatic ring is 1. The number of hydrogen-bond donors (Lipinski definition) is 2. The maximum atomic E-state index is 12.2. The number of benzene rings is 2. The number of rotatable bonds is 3. The van der Waals surface area contributed by atoms with Crippen LogP contribution in [0.25, 0.3) is 10.4 Å². The highest BCUT2D eigenvalue weighted by atomic mass is 32.1. The molecule has 1 aromatic heterocycles. The second-order valence-corrected chi connectivity index (χ2v) is 5.47. The van der Waals surface area contributed by atoms with Crippen LogP contribution in [-0.2, 0) is 0 Å². The van der Waals surface area contributed by atoms with Crippen molar-refractivity contribution in [2.45, 2.75) is 0 Å². The Balaban J connectivity index is 1.88. The molecule has 0 fully saturated rings. The van der Waals surface area contributed by atoms with Gasteiger partial charge in [-0.15, -0.1) is 11.3 Å². The lowest BCUT2D eigenvalue weighted by Crippen LogP contribution is -2.13. The van der Waals surface area contributed by atoms with Gasteiger partial charge in [-0.05, 0) is 47.3 Å². The normalized spacial score (nSPS) is 10.3. The van der Waals surface area contributed by atoms with E-state index < -0.39 is 0 Å². The Labute approximate surface area is 127 Å². The van der Waals surface area contributed by atoms with Crippen molar-refractivity contribution < 1.29 is 4.79 Å². The van der Waals surface area contributed by atoms with E-state index in [4.69, 9.17) is 5.73 Å². The fraction of sp³-hybridized carbons (Fsp3) is 0. The first-order valence-electron chi connectivity index (χ1n) is 6.45. The molecule has 0 atom stereocenters. The fourth-order valence-corrected chi connectivity index (χ4v) is 2.72. The van der Waals surface area contributed by atoms with E-state index >= 15 is 0 Å². The van der Waals surface area contributed by atoms with Crippen molar-refractivity contribution in [3.8, 4) is 10.4 Å². The van der Waals surface area contributed by atoms with Crippen molar-refractivity contribution in [1.82, 2.24) is 0 Å². The summed E-state index contributed by atoms with van der Waals surface area (Å²) < 4.78 is 0. The molecule has 1 heterocycles. The predicted molar refractivity (Wildman–Crippen MR) is 87.4 cm³/mol. The first-order valence-corrected chi connectivity index (χ1v) is 7.33. The smallest absolute Gasteiger partial charge is 0.255 e. The van der Waals surface area contributed by atoms with Crippen LogP contribution < -0.4 is 11.1 Å². The molecule has 0 aliphatic heterocycles. The Morgan fingerprint density at radius 1 is 1.14 bits per heavy atom.